The van der Waals surface area contributed by atoms with Gasteiger partial charge in [0.1, 0.15) is 11.6 Å². The summed E-state index contributed by atoms with van der Waals surface area (Å²) in [6, 6.07) is 21.6. The van der Waals surface area contributed by atoms with Crippen molar-refractivity contribution in [1.29, 1.82) is 0 Å². The number of aromatic hydroxyl groups is 1. The van der Waals surface area contributed by atoms with E-state index >= 15 is 0 Å². The van der Waals surface area contributed by atoms with Crippen molar-refractivity contribution in [3.05, 3.63) is 84.8 Å². The molecule has 1 aromatic heterocycles. The molecule has 0 spiro atoms. The van der Waals surface area contributed by atoms with Crippen LogP contribution < -0.4 is 0 Å². The molecular formula is C21H14FNO. The molecule has 116 valence electrons. The number of pyridine rings is 1. The summed E-state index contributed by atoms with van der Waals surface area (Å²) in [4.78, 5) is 4.39. The molecule has 3 aromatic carbocycles. The van der Waals surface area contributed by atoms with E-state index in [0.29, 0.717) is 11.1 Å². The summed E-state index contributed by atoms with van der Waals surface area (Å²) < 4.78 is 13.6. The van der Waals surface area contributed by atoms with Crippen molar-refractivity contribution >= 4 is 10.9 Å². The van der Waals surface area contributed by atoms with Crippen molar-refractivity contribution in [2.75, 3.05) is 0 Å². The van der Waals surface area contributed by atoms with Crippen LogP contribution in [0.15, 0.2) is 79.0 Å². The molecule has 0 aliphatic carbocycles. The average Bonchev–Trinajstić information content (AvgIpc) is 2.62. The molecule has 2 nitrogen and oxygen atoms in total. The lowest BCUT2D eigenvalue weighted by molar-refractivity contribution is 0.477. The van der Waals surface area contributed by atoms with E-state index < -0.39 is 0 Å². The molecule has 0 amide bonds. The molecule has 1 N–H and O–H groups in total. The van der Waals surface area contributed by atoms with E-state index in [1.54, 1.807) is 24.4 Å². The first-order chi connectivity index (χ1) is 11.7. The maximum Gasteiger partial charge on any atom is 0.125 e. The Labute approximate surface area is 138 Å². The Bertz CT molecular complexity index is 1030. The zero-order valence-corrected chi connectivity index (χ0v) is 12.8. The van der Waals surface area contributed by atoms with E-state index in [0.717, 1.165) is 22.1 Å². The summed E-state index contributed by atoms with van der Waals surface area (Å²) in [5.74, 6) is -0.123. The number of hydrogen-bond acceptors (Lipinski definition) is 2. The van der Waals surface area contributed by atoms with Gasteiger partial charge in [-0.1, -0.05) is 48.5 Å². The highest BCUT2D eigenvalue weighted by Crippen LogP contribution is 2.40. The molecule has 4 aromatic rings. The molecule has 0 bridgehead atoms. The quantitative estimate of drug-likeness (QED) is 0.536. The van der Waals surface area contributed by atoms with E-state index in [1.165, 1.54) is 12.1 Å². The van der Waals surface area contributed by atoms with Crippen LogP contribution in [0, 0.1) is 5.82 Å². The molecule has 1 heterocycles. The van der Waals surface area contributed by atoms with Crippen molar-refractivity contribution in [3.8, 4) is 28.0 Å². The molecule has 0 unspecified atom stereocenters. The Morgan fingerprint density at radius 2 is 1.54 bits per heavy atom. The molecule has 0 radical (unpaired) electrons. The van der Waals surface area contributed by atoms with Crippen LogP contribution in [0.25, 0.3) is 33.2 Å². The van der Waals surface area contributed by atoms with E-state index in [-0.39, 0.29) is 11.6 Å². The first-order valence-corrected chi connectivity index (χ1v) is 7.66. The SMILES string of the molecule is Oc1ccccc1-c1cnc2cc(F)ccc2c1-c1ccccc1. The number of rotatable bonds is 2. The lowest BCUT2D eigenvalue weighted by Gasteiger charge is -2.14. The van der Waals surface area contributed by atoms with Gasteiger partial charge in [-0.2, -0.15) is 0 Å². The third-order valence-corrected chi connectivity index (χ3v) is 4.09. The Kier molecular flexibility index (Phi) is 3.47. The number of benzene rings is 3. The van der Waals surface area contributed by atoms with Crippen molar-refractivity contribution in [2.24, 2.45) is 0 Å². The minimum Gasteiger partial charge on any atom is -0.507 e. The van der Waals surface area contributed by atoms with Crippen LogP contribution in [0.3, 0.4) is 0 Å². The van der Waals surface area contributed by atoms with Crippen LogP contribution in [0.1, 0.15) is 0 Å². The minimum atomic E-state index is -0.315. The Hall–Kier alpha value is -3.20. The summed E-state index contributed by atoms with van der Waals surface area (Å²) in [6.45, 7) is 0. The molecule has 0 atom stereocenters. The van der Waals surface area contributed by atoms with E-state index in [2.05, 4.69) is 4.98 Å². The molecule has 0 saturated carbocycles. The number of para-hydroxylation sites is 1. The van der Waals surface area contributed by atoms with Gasteiger partial charge in [0.25, 0.3) is 0 Å². The van der Waals surface area contributed by atoms with Crippen LogP contribution in [0.4, 0.5) is 4.39 Å². The van der Waals surface area contributed by atoms with Crippen molar-refractivity contribution in [3.63, 3.8) is 0 Å². The van der Waals surface area contributed by atoms with Gasteiger partial charge < -0.3 is 5.11 Å². The smallest absolute Gasteiger partial charge is 0.125 e. The molecule has 24 heavy (non-hydrogen) atoms. The van der Waals surface area contributed by atoms with E-state index in [1.807, 2.05) is 42.5 Å². The highest BCUT2D eigenvalue weighted by atomic mass is 19.1. The van der Waals surface area contributed by atoms with Crippen LogP contribution in [-0.4, -0.2) is 10.1 Å². The Morgan fingerprint density at radius 3 is 2.33 bits per heavy atom. The molecule has 4 rings (SSSR count). The van der Waals surface area contributed by atoms with Gasteiger partial charge >= 0.3 is 0 Å². The summed E-state index contributed by atoms with van der Waals surface area (Å²) in [7, 11) is 0. The number of nitrogens with zero attached hydrogens (tertiary/aromatic N) is 1. The second kappa shape index (κ2) is 5.78. The van der Waals surface area contributed by atoms with Crippen molar-refractivity contribution in [1.82, 2.24) is 4.98 Å². The summed E-state index contributed by atoms with van der Waals surface area (Å²) in [5, 5.41) is 11.1. The van der Waals surface area contributed by atoms with Gasteiger partial charge in [0.05, 0.1) is 5.52 Å². The Balaban J connectivity index is 2.11. The monoisotopic (exact) mass is 315 g/mol. The summed E-state index contributed by atoms with van der Waals surface area (Å²) in [6.07, 6.45) is 1.69. The number of phenols is 1. The number of aromatic nitrogens is 1. The molecule has 0 aliphatic rings. The predicted octanol–water partition coefficient (Wildman–Crippen LogP) is 5.41. The zero-order chi connectivity index (χ0) is 16.5. The molecular weight excluding hydrogens is 301 g/mol. The van der Waals surface area contributed by atoms with E-state index in [9.17, 15) is 9.50 Å². The largest absolute Gasteiger partial charge is 0.507 e. The molecule has 0 saturated heterocycles. The van der Waals surface area contributed by atoms with Gasteiger partial charge in [-0.05, 0) is 23.8 Å². The molecule has 0 aliphatic heterocycles. The van der Waals surface area contributed by atoms with Crippen molar-refractivity contribution < 1.29 is 9.50 Å². The van der Waals surface area contributed by atoms with Crippen LogP contribution >= 0.6 is 0 Å². The number of phenolic OH excluding ortho intramolecular Hbond substituents is 1. The number of fused-ring (bicyclic) bond motifs is 1. The zero-order valence-electron chi connectivity index (χ0n) is 12.8. The maximum absolute atomic E-state index is 13.6. The van der Waals surface area contributed by atoms with Gasteiger partial charge in [-0.25, -0.2) is 4.39 Å². The fraction of sp³-hybridized carbons (Fsp3) is 0. The van der Waals surface area contributed by atoms with Gasteiger partial charge in [-0.15, -0.1) is 0 Å². The fourth-order valence-electron chi connectivity index (χ4n) is 2.99. The number of hydrogen-bond donors (Lipinski definition) is 1. The third-order valence-electron chi connectivity index (χ3n) is 4.09. The van der Waals surface area contributed by atoms with Crippen LogP contribution in [0.5, 0.6) is 5.75 Å². The van der Waals surface area contributed by atoms with Gasteiger partial charge in [0, 0.05) is 34.3 Å². The predicted molar refractivity (Wildman–Crippen MR) is 94.2 cm³/mol. The van der Waals surface area contributed by atoms with Gasteiger partial charge in [-0.3, -0.25) is 4.98 Å². The second-order valence-corrected chi connectivity index (χ2v) is 5.59. The molecule has 0 fully saturated rings. The van der Waals surface area contributed by atoms with E-state index in [4.69, 9.17) is 0 Å². The molecule has 3 heteroatoms. The lowest BCUT2D eigenvalue weighted by atomic mass is 9.92. The van der Waals surface area contributed by atoms with Gasteiger partial charge in [0.2, 0.25) is 0 Å². The standard InChI is InChI=1S/C21H14FNO/c22-15-10-11-17-19(12-15)23-13-18(16-8-4-5-9-20(16)24)21(17)14-6-2-1-3-7-14/h1-13,24H. The highest BCUT2D eigenvalue weighted by Gasteiger charge is 2.15. The summed E-state index contributed by atoms with van der Waals surface area (Å²) >= 11 is 0. The van der Waals surface area contributed by atoms with Crippen molar-refractivity contribution in [2.45, 2.75) is 0 Å². The third kappa shape index (κ3) is 2.40. The minimum absolute atomic E-state index is 0.193. The number of halogens is 1. The second-order valence-electron chi connectivity index (χ2n) is 5.59. The fourth-order valence-corrected chi connectivity index (χ4v) is 2.99. The van der Waals surface area contributed by atoms with Gasteiger partial charge in [0.15, 0.2) is 0 Å². The topological polar surface area (TPSA) is 33.1 Å². The lowest BCUT2D eigenvalue weighted by Crippen LogP contribution is -1.91. The maximum atomic E-state index is 13.6. The normalized spacial score (nSPS) is 10.9. The van der Waals surface area contributed by atoms with Crippen LogP contribution in [-0.2, 0) is 0 Å². The first kappa shape index (κ1) is 14.4. The average molecular weight is 315 g/mol. The summed E-state index contributed by atoms with van der Waals surface area (Å²) in [5.41, 5.74) is 4.04. The first-order valence-electron chi connectivity index (χ1n) is 7.66. The highest BCUT2D eigenvalue weighted by molar-refractivity contribution is 6.02. The Morgan fingerprint density at radius 1 is 0.792 bits per heavy atom. The van der Waals surface area contributed by atoms with Crippen LogP contribution in [0.2, 0.25) is 0 Å².